The first-order chi connectivity index (χ1) is 4.50. The van der Waals surface area contributed by atoms with Gasteiger partial charge in [-0.05, 0) is 31.4 Å². The van der Waals surface area contributed by atoms with Gasteiger partial charge in [0.25, 0.3) is 0 Å². The molecule has 0 fully saturated rings. The standard InChI is InChI=1S/C3H6N2S.CH4N2S/c1-2-5-3(4)6;2-1(3)4/h2H,1H3,(H2,4,6);(H4,2,3,4). The van der Waals surface area contributed by atoms with Gasteiger partial charge < -0.3 is 17.2 Å². The van der Waals surface area contributed by atoms with Gasteiger partial charge in [-0.15, -0.1) is 0 Å². The van der Waals surface area contributed by atoms with E-state index in [0.29, 0.717) is 0 Å². The fourth-order valence-electron chi connectivity index (χ4n) is 0.127. The molecule has 58 valence electrons. The molecule has 0 spiro atoms. The minimum absolute atomic E-state index is 0.000000000000000222. The fourth-order valence-corrected chi connectivity index (χ4v) is 0.233. The van der Waals surface area contributed by atoms with E-state index in [1.165, 1.54) is 0 Å². The highest BCUT2D eigenvalue weighted by Gasteiger charge is 1.67. The lowest BCUT2D eigenvalue weighted by Gasteiger charge is -1.75. The lowest BCUT2D eigenvalue weighted by molar-refractivity contribution is 1.63. The Labute approximate surface area is 70.5 Å². The van der Waals surface area contributed by atoms with Crippen LogP contribution in [0.1, 0.15) is 6.92 Å². The van der Waals surface area contributed by atoms with Crippen molar-refractivity contribution in [2.24, 2.45) is 22.2 Å². The molecule has 0 atom stereocenters. The van der Waals surface area contributed by atoms with E-state index in [-0.39, 0.29) is 10.2 Å². The van der Waals surface area contributed by atoms with Gasteiger partial charge in [-0.2, -0.15) is 0 Å². The smallest absolute Gasteiger partial charge is 0.189 e. The van der Waals surface area contributed by atoms with Crippen molar-refractivity contribution in [3.8, 4) is 0 Å². The Morgan fingerprint density at radius 2 is 1.60 bits per heavy atom. The molecule has 0 aromatic heterocycles. The number of hydrogen-bond acceptors (Lipinski definition) is 2. The summed E-state index contributed by atoms with van der Waals surface area (Å²) in [5, 5.41) is 0.192. The normalized spacial score (nSPS) is 8.10. The Bertz CT molecular complexity index is 138. The van der Waals surface area contributed by atoms with E-state index in [1.54, 1.807) is 13.1 Å². The lowest BCUT2D eigenvalue weighted by atomic mass is 10.9. The van der Waals surface area contributed by atoms with Crippen LogP contribution in [0, 0.1) is 0 Å². The number of nitrogens with two attached hydrogens (primary N) is 3. The van der Waals surface area contributed by atoms with E-state index in [4.69, 9.17) is 5.73 Å². The zero-order chi connectivity index (χ0) is 8.57. The summed E-state index contributed by atoms with van der Waals surface area (Å²) in [5.41, 5.74) is 14.2. The average molecular weight is 178 g/mol. The maximum absolute atomic E-state index is 4.94. The van der Waals surface area contributed by atoms with E-state index in [1.807, 2.05) is 0 Å². The molecule has 0 aliphatic carbocycles. The molecular weight excluding hydrogens is 168 g/mol. The molecule has 0 radical (unpaired) electrons. The van der Waals surface area contributed by atoms with Crippen molar-refractivity contribution in [2.75, 3.05) is 0 Å². The van der Waals surface area contributed by atoms with Crippen LogP contribution in [-0.4, -0.2) is 16.4 Å². The Kier molecular flexibility index (Phi) is 9.88. The minimum atomic E-state index is 0.000000000000000222. The van der Waals surface area contributed by atoms with E-state index in [2.05, 4.69) is 40.9 Å². The van der Waals surface area contributed by atoms with E-state index < -0.39 is 0 Å². The Morgan fingerprint density at radius 1 is 1.30 bits per heavy atom. The van der Waals surface area contributed by atoms with Crippen LogP contribution in [-0.2, 0) is 0 Å². The molecule has 0 aromatic rings. The van der Waals surface area contributed by atoms with Crippen LogP contribution < -0.4 is 17.2 Å². The van der Waals surface area contributed by atoms with E-state index in [9.17, 15) is 0 Å². The van der Waals surface area contributed by atoms with Crippen LogP contribution in [0.3, 0.4) is 0 Å². The minimum Gasteiger partial charge on any atom is -0.377 e. The van der Waals surface area contributed by atoms with Crippen LogP contribution in [0.5, 0.6) is 0 Å². The van der Waals surface area contributed by atoms with Crippen LogP contribution in [0.2, 0.25) is 0 Å². The van der Waals surface area contributed by atoms with Crippen LogP contribution in [0.15, 0.2) is 4.99 Å². The largest absolute Gasteiger partial charge is 0.377 e. The predicted molar refractivity (Wildman–Crippen MR) is 51.9 cm³/mol. The highest BCUT2D eigenvalue weighted by molar-refractivity contribution is 7.80. The van der Waals surface area contributed by atoms with Crippen molar-refractivity contribution in [1.82, 2.24) is 0 Å². The maximum Gasteiger partial charge on any atom is 0.189 e. The molecule has 0 amide bonds. The number of nitrogens with zero attached hydrogens (tertiary/aromatic N) is 1. The van der Waals surface area contributed by atoms with Gasteiger partial charge in [0.1, 0.15) is 0 Å². The monoisotopic (exact) mass is 178 g/mol. The zero-order valence-electron chi connectivity index (χ0n) is 5.57. The summed E-state index contributed by atoms with van der Waals surface area (Å²) in [5.74, 6) is 0. The zero-order valence-corrected chi connectivity index (χ0v) is 7.21. The third-order valence-electron chi connectivity index (χ3n) is 0.256. The topological polar surface area (TPSA) is 90.4 Å². The van der Waals surface area contributed by atoms with Gasteiger partial charge in [0.05, 0.1) is 0 Å². The number of thiocarbonyl (C=S) groups is 2. The Hall–Kier alpha value is -0.750. The van der Waals surface area contributed by atoms with Gasteiger partial charge in [-0.1, -0.05) is 0 Å². The number of rotatable bonds is 0. The fraction of sp³-hybridized carbons (Fsp3) is 0.250. The Balaban J connectivity index is 0. The molecule has 0 aliphatic heterocycles. The van der Waals surface area contributed by atoms with Crippen molar-refractivity contribution < 1.29 is 0 Å². The van der Waals surface area contributed by atoms with E-state index >= 15 is 0 Å². The first-order valence-electron chi connectivity index (χ1n) is 2.33. The molecular formula is C4H10N4S2. The van der Waals surface area contributed by atoms with Crippen molar-refractivity contribution in [1.29, 1.82) is 0 Å². The van der Waals surface area contributed by atoms with Crippen molar-refractivity contribution in [3.05, 3.63) is 0 Å². The second kappa shape index (κ2) is 8.25. The molecule has 6 heteroatoms. The van der Waals surface area contributed by atoms with Gasteiger partial charge in [0.15, 0.2) is 10.2 Å². The number of hydrogen-bond donors (Lipinski definition) is 3. The Morgan fingerprint density at radius 3 is 1.60 bits per heavy atom. The molecule has 10 heavy (non-hydrogen) atoms. The molecule has 0 aliphatic rings. The molecule has 0 unspecified atom stereocenters. The summed E-state index contributed by atoms with van der Waals surface area (Å²) in [6.07, 6.45) is 1.56. The molecule has 0 heterocycles. The van der Waals surface area contributed by atoms with Crippen LogP contribution >= 0.6 is 24.4 Å². The van der Waals surface area contributed by atoms with Gasteiger partial charge in [0.2, 0.25) is 0 Å². The summed E-state index contributed by atoms with van der Waals surface area (Å²) in [6.45, 7) is 1.76. The summed E-state index contributed by atoms with van der Waals surface area (Å²) >= 11 is 8.47. The first-order valence-corrected chi connectivity index (χ1v) is 3.15. The highest BCUT2D eigenvalue weighted by atomic mass is 32.1. The second-order valence-electron chi connectivity index (χ2n) is 1.13. The summed E-state index contributed by atoms with van der Waals surface area (Å²) in [6, 6.07) is 0. The van der Waals surface area contributed by atoms with Crippen molar-refractivity contribution >= 4 is 40.9 Å². The average Bonchev–Trinajstić information content (AvgIpc) is 1.62. The molecule has 6 N–H and O–H groups in total. The lowest BCUT2D eigenvalue weighted by Crippen LogP contribution is -2.18. The van der Waals surface area contributed by atoms with Crippen LogP contribution in [0.4, 0.5) is 0 Å². The molecule has 0 saturated heterocycles. The third kappa shape index (κ3) is 55.9. The van der Waals surface area contributed by atoms with E-state index in [0.717, 1.165) is 0 Å². The second-order valence-corrected chi connectivity index (χ2v) is 2.02. The first kappa shape index (κ1) is 12.0. The molecule has 0 aromatic carbocycles. The van der Waals surface area contributed by atoms with Crippen molar-refractivity contribution in [3.63, 3.8) is 0 Å². The summed E-state index contributed by atoms with van der Waals surface area (Å²) < 4.78 is 0. The van der Waals surface area contributed by atoms with Crippen LogP contribution in [0.25, 0.3) is 0 Å². The quantitative estimate of drug-likeness (QED) is 0.344. The highest BCUT2D eigenvalue weighted by Crippen LogP contribution is 1.61. The van der Waals surface area contributed by atoms with Gasteiger partial charge in [-0.25, -0.2) is 4.99 Å². The summed E-state index contributed by atoms with van der Waals surface area (Å²) in [4.78, 5) is 3.51. The summed E-state index contributed by atoms with van der Waals surface area (Å²) in [7, 11) is 0. The van der Waals surface area contributed by atoms with Crippen molar-refractivity contribution in [2.45, 2.75) is 6.92 Å². The van der Waals surface area contributed by atoms with Gasteiger partial charge in [0, 0.05) is 6.21 Å². The maximum atomic E-state index is 4.94. The van der Waals surface area contributed by atoms with Gasteiger partial charge >= 0.3 is 0 Å². The molecule has 0 rings (SSSR count). The third-order valence-corrected chi connectivity index (χ3v) is 0.362. The van der Waals surface area contributed by atoms with Gasteiger partial charge in [-0.3, -0.25) is 0 Å². The SMILES string of the molecule is CC=NC(N)=S.NC(N)=S. The predicted octanol–water partition coefficient (Wildman–Crippen LogP) is -0.491. The molecule has 0 saturated carbocycles. The molecule has 0 bridgehead atoms. The number of aliphatic imine (C=N–C) groups is 1. The molecule has 4 nitrogen and oxygen atoms in total.